The van der Waals surface area contributed by atoms with Crippen LogP contribution in [0.1, 0.15) is 0 Å². The maximum Gasteiger partial charge on any atom is 0.573 e. The van der Waals surface area contributed by atoms with Crippen LogP contribution in [0.4, 0.5) is 13.2 Å². The molecule has 1 N–H and O–H groups in total. The topological polar surface area (TPSA) is 37.9 Å². The maximum absolute atomic E-state index is 12.3. The largest absolute Gasteiger partial charge is 0.573 e. The molecule has 1 heterocycles. The first-order valence-electron chi connectivity index (χ1n) is 5.92. The van der Waals surface area contributed by atoms with Gasteiger partial charge in [0.25, 0.3) is 0 Å². The number of halogens is 4. The fraction of sp³-hybridized carbons (Fsp3) is 0.0714. The molecule has 0 saturated heterocycles. The van der Waals surface area contributed by atoms with Crippen LogP contribution in [0, 0.1) is 0 Å². The number of benzene rings is 2. The first-order chi connectivity index (χ1) is 9.90. The van der Waals surface area contributed by atoms with Crippen LogP contribution in [0.3, 0.4) is 0 Å². The van der Waals surface area contributed by atoms with Crippen molar-refractivity contribution in [2.75, 3.05) is 0 Å². The molecule has 3 aromatic rings. The molecule has 1 aromatic heterocycles. The Morgan fingerprint density at radius 3 is 2.57 bits per heavy atom. The lowest BCUT2D eigenvalue weighted by atomic mass is 10.2. The second-order valence-electron chi connectivity index (χ2n) is 4.33. The van der Waals surface area contributed by atoms with E-state index < -0.39 is 6.36 Å². The predicted octanol–water partition coefficient (Wildman–Crippen LogP) is 4.89. The monoisotopic (exact) mass is 356 g/mol. The van der Waals surface area contributed by atoms with E-state index in [1.807, 2.05) is 24.3 Å². The second kappa shape index (κ2) is 5.07. The molecule has 0 saturated carbocycles. The summed E-state index contributed by atoms with van der Waals surface area (Å²) >= 11 is 3.17. The van der Waals surface area contributed by atoms with Crippen molar-refractivity contribution in [3.05, 3.63) is 46.9 Å². The van der Waals surface area contributed by atoms with Gasteiger partial charge in [-0.05, 0) is 30.3 Å². The number of imidazole rings is 1. The number of para-hydroxylation sites is 2. The van der Waals surface area contributed by atoms with Gasteiger partial charge < -0.3 is 9.72 Å². The third kappa shape index (κ3) is 3.18. The van der Waals surface area contributed by atoms with Gasteiger partial charge in [-0.1, -0.05) is 28.1 Å². The summed E-state index contributed by atoms with van der Waals surface area (Å²) in [6.07, 6.45) is -4.73. The summed E-state index contributed by atoms with van der Waals surface area (Å²) in [5.74, 6) is 0.178. The van der Waals surface area contributed by atoms with Crippen LogP contribution in [0.5, 0.6) is 5.75 Å². The number of ether oxygens (including phenoxy) is 1. The van der Waals surface area contributed by atoms with Gasteiger partial charge in [-0.3, -0.25) is 0 Å². The van der Waals surface area contributed by atoms with Crippen LogP contribution in [-0.2, 0) is 0 Å². The van der Waals surface area contributed by atoms with Crippen molar-refractivity contribution < 1.29 is 17.9 Å². The Hall–Kier alpha value is -2.02. The van der Waals surface area contributed by atoms with Gasteiger partial charge in [0.1, 0.15) is 11.6 Å². The van der Waals surface area contributed by atoms with Crippen LogP contribution < -0.4 is 4.74 Å². The number of aromatic nitrogens is 2. The number of hydrogen-bond acceptors (Lipinski definition) is 2. The Morgan fingerprint density at radius 2 is 1.86 bits per heavy atom. The molecule has 7 heteroatoms. The van der Waals surface area contributed by atoms with E-state index >= 15 is 0 Å². The fourth-order valence-corrected chi connectivity index (χ4v) is 2.45. The molecule has 0 spiro atoms. The molecule has 0 radical (unpaired) electrons. The summed E-state index contributed by atoms with van der Waals surface area (Å²) in [5, 5.41) is 0. The van der Waals surface area contributed by atoms with Crippen LogP contribution in [0.15, 0.2) is 46.9 Å². The quantitative estimate of drug-likeness (QED) is 0.709. The average Bonchev–Trinajstić information content (AvgIpc) is 2.79. The highest BCUT2D eigenvalue weighted by Gasteiger charge is 2.31. The lowest BCUT2D eigenvalue weighted by Gasteiger charge is -2.10. The van der Waals surface area contributed by atoms with Gasteiger partial charge in [-0.25, -0.2) is 4.98 Å². The normalized spacial score (nSPS) is 11.8. The van der Waals surface area contributed by atoms with Crippen LogP contribution in [-0.4, -0.2) is 16.3 Å². The zero-order chi connectivity index (χ0) is 15.0. The Kier molecular flexibility index (Phi) is 3.36. The number of nitrogens with zero attached hydrogens (tertiary/aromatic N) is 1. The van der Waals surface area contributed by atoms with Gasteiger partial charge in [-0.2, -0.15) is 0 Å². The van der Waals surface area contributed by atoms with Crippen LogP contribution in [0.25, 0.3) is 22.4 Å². The molecule has 3 rings (SSSR count). The molecule has 2 aromatic carbocycles. The first-order valence-corrected chi connectivity index (χ1v) is 6.71. The highest BCUT2D eigenvalue weighted by Crippen LogP contribution is 2.31. The van der Waals surface area contributed by atoms with Gasteiger partial charge >= 0.3 is 6.36 Å². The summed E-state index contributed by atoms with van der Waals surface area (Å²) < 4.78 is 41.4. The molecule has 0 aliphatic heterocycles. The van der Waals surface area contributed by atoms with E-state index in [-0.39, 0.29) is 5.75 Å². The van der Waals surface area contributed by atoms with E-state index in [4.69, 9.17) is 0 Å². The fourth-order valence-electron chi connectivity index (χ4n) is 1.98. The van der Waals surface area contributed by atoms with E-state index in [1.54, 1.807) is 6.07 Å². The Morgan fingerprint density at radius 1 is 1.10 bits per heavy atom. The molecule has 108 valence electrons. The van der Waals surface area contributed by atoms with Crippen molar-refractivity contribution >= 4 is 27.0 Å². The van der Waals surface area contributed by atoms with Gasteiger partial charge in [0.05, 0.1) is 11.0 Å². The lowest BCUT2D eigenvalue weighted by molar-refractivity contribution is -0.274. The van der Waals surface area contributed by atoms with E-state index in [0.29, 0.717) is 15.9 Å². The smallest absolute Gasteiger partial charge is 0.406 e. The Labute approximate surface area is 125 Å². The molecule has 0 bridgehead atoms. The standard InChI is InChI=1S/C14H8BrF3N2O/c15-9-5-8(6-10(7-9)21-14(16,17)18)13-19-11-3-1-2-4-12(11)20-13/h1-7H,(H,19,20). The summed E-state index contributed by atoms with van der Waals surface area (Å²) in [6, 6.07) is 11.6. The number of alkyl halides is 3. The minimum atomic E-state index is -4.73. The molecule has 0 aliphatic rings. The number of nitrogens with one attached hydrogen (secondary N) is 1. The van der Waals surface area contributed by atoms with Crippen molar-refractivity contribution in [2.24, 2.45) is 0 Å². The number of H-pyrrole nitrogens is 1. The van der Waals surface area contributed by atoms with E-state index in [9.17, 15) is 13.2 Å². The molecule has 0 fully saturated rings. The van der Waals surface area contributed by atoms with Crippen molar-refractivity contribution in [1.82, 2.24) is 9.97 Å². The number of fused-ring (bicyclic) bond motifs is 1. The molecule has 0 amide bonds. The molecule has 0 aliphatic carbocycles. The molecular weight excluding hydrogens is 349 g/mol. The summed E-state index contributed by atoms with van der Waals surface area (Å²) in [6.45, 7) is 0. The van der Waals surface area contributed by atoms with Gasteiger partial charge in [0.15, 0.2) is 0 Å². The average molecular weight is 357 g/mol. The zero-order valence-electron chi connectivity index (χ0n) is 10.4. The molecule has 3 nitrogen and oxygen atoms in total. The zero-order valence-corrected chi connectivity index (χ0v) is 12.0. The minimum Gasteiger partial charge on any atom is -0.406 e. The Bertz CT molecular complexity index is 765. The molecule has 0 atom stereocenters. The van der Waals surface area contributed by atoms with Gasteiger partial charge in [0.2, 0.25) is 0 Å². The third-order valence-electron chi connectivity index (χ3n) is 2.77. The number of aromatic amines is 1. The van der Waals surface area contributed by atoms with Crippen LogP contribution >= 0.6 is 15.9 Å². The minimum absolute atomic E-state index is 0.299. The molecule has 21 heavy (non-hydrogen) atoms. The summed E-state index contributed by atoms with van der Waals surface area (Å²) in [5.41, 5.74) is 2.05. The highest BCUT2D eigenvalue weighted by molar-refractivity contribution is 9.10. The second-order valence-corrected chi connectivity index (χ2v) is 5.24. The summed E-state index contributed by atoms with van der Waals surface area (Å²) in [4.78, 5) is 7.41. The van der Waals surface area contributed by atoms with Gasteiger partial charge in [0, 0.05) is 10.0 Å². The van der Waals surface area contributed by atoms with Crippen molar-refractivity contribution in [3.63, 3.8) is 0 Å². The summed E-state index contributed by atoms with van der Waals surface area (Å²) in [7, 11) is 0. The van der Waals surface area contributed by atoms with E-state index in [1.165, 1.54) is 12.1 Å². The third-order valence-corrected chi connectivity index (χ3v) is 3.23. The lowest BCUT2D eigenvalue weighted by Crippen LogP contribution is -2.17. The van der Waals surface area contributed by atoms with Crippen molar-refractivity contribution in [3.8, 4) is 17.1 Å². The first kappa shape index (κ1) is 13.9. The van der Waals surface area contributed by atoms with Crippen LogP contribution in [0.2, 0.25) is 0 Å². The Balaban J connectivity index is 2.05. The van der Waals surface area contributed by atoms with Crippen molar-refractivity contribution in [1.29, 1.82) is 0 Å². The van der Waals surface area contributed by atoms with Gasteiger partial charge in [-0.15, -0.1) is 13.2 Å². The molecular formula is C14H8BrF3N2O. The van der Waals surface area contributed by atoms with E-state index in [0.717, 1.165) is 11.0 Å². The predicted molar refractivity (Wildman–Crippen MR) is 75.9 cm³/mol. The number of hydrogen-bond donors (Lipinski definition) is 1. The maximum atomic E-state index is 12.3. The van der Waals surface area contributed by atoms with E-state index in [2.05, 4.69) is 30.6 Å². The number of rotatable bonds is 2. The SMILES string of the molecule is FC(F)(F)Oc1cc(Br)cc(-c2nc3ccccc3[nH]2)c1. The highest BCUT2D eigenvalue weighted by atomic mass is 79.9. The van der Waals surface area contributed by atoms with Crippen molar-refractivity contribution in [2.45, 2.75) is 6.36 Å². The molecule has 0 unspecified atom stereocenters.